The number of hydrogen-bond acceptors (Lipinski definition) is 6. The second kappa shape index (κ2) is 8.93. The molecule has 2 rings (SSSR count). The van der Waals surface area contributed by atoms with Gasteiger partial charge in [-0.25, -0.2) is 4.79 Å². The van der Waals surface area contributed by atoms with Crippen molar-refractivity contribution >= 4 is 17.6 Å². The number of esters is 1. The second-order valence-corrected chi connectivity index (χ2v) is 5.69. The van der Waals surface area contributed by atoms with E-state index in [1.165, 1.54) is 45.3 Å². The molecule has 0 radical (unpaired) electrons. The zero-order chi connectivity index (χ0) is 20.0. The van der Waals surface area contributed by atoms with Crippen LogP contribution in [0.3, 0.4) is 0 Å². The quantitative estimate of drug-likeness (QED) is 0.695. The highest BCUT2D eigenvalue weighted by atomic mass is 16.6. The summed E-state index contributed by atoms with van der Waals surface area (Å²) in [6.07, 6.45) is -0.986. The fourth-order valence-corrected chi connectivity index (χ4v) is 2.51. The Morgan fingerprint density at radius 2 is 1.44 bits per heavy atom. The molecule has 0 N–H and O–H groups in total. The Labute approximate surface area is 158 Å². The van der Waals surface area contributed by atoms with Crippen molar-refractivity contribution in [2.24, 2.45) is 0 Å². The van der Waals surface area contributed by atoms with Crippen LogP contribution in [0.2, 0.25) is 0 Å². The fraction of sp³-hybridized carbons (Fsp3) is 0.300. The minimum Gasteiger partial charge on any atom is -0.496 e. The first-order valence-corrected chi connectivity index (χ1v) is 8.26. The molecule has 144 valence electrons. The normalized spacial score (nSPS) is 11.3. The molecule has 0 bridgehead atoms. The first-order chi connectivity index (χ1) is 12.9. The van der Waals surface area contributed by atoms with Gasteiger partial charge < -0.3 is 23.8 Å². The summed E-state index contributed by atoms with van der Waals surface area (Å²) >= 11 is 0. The number of carbonyl (C=O) groups excluding carboxylic acids is 2. The maximum absolute atomic E-state index is 12.6. The molecule has 0 saturated carbocycles. The highest BCUT2D eigenvalue weighted by Crippen LogP contribution is 2.35. The summed E-state index contributed by atoms with van der Waals surface area (Å²) in [5.74, 6) is -0.0257. The molecule has 7 nitrogen and oxygen atoms in total. The molecule has 0 aliphatic heterocycles. The van der Waals surface area contributed by atoms with Crippen LogP contribution in [-0.2, 0) is 9.53 Å². The first kappa shape index (κ1) is 20.1. The Balaban J connectivity index is 2.19. The molecule has 0 spiro atoms. The lowest BCUT2D eigenvalue weighted by Gasteiger charge is -2.22. The van der Waals surface area contributed by atoms with E-state index in [0.29, 0.717) is 17.2 Å². The van der Waals surface area contributed by atoms with Crippen LogP contribution in [0.15, 0.2) is 42.5 Å². The van der Waals surface area contributed by atoms with E-state index in [1.54, 1.807) is 19.2 Å². The fourth-order valence-electron chi connectivity index (χ4n) is 2.51. The van der Waals surface area contributed by atoms with Gasteiger partial charge in [0.05, 0.1) is 21.3 Å². The Bertz CT molecular complexity index is 806. The maximum atomic E-state index is 12.6. The number of ether oxygens (including phenoxy) is 4. The van der Waals surface area contributed by atoms with Crippen molar-refractivity contribution < 1.29 is 28.5 Å². The van der Waals surface area contributed by atoms with E-state index in [2.05, 4.69) is 0 Å². The number of para-hydroxylation sites is 1. The van der Waals surface area contributed by atoms with E-state index in [0.717, 1.165) is 0 Å². The van der Waals surface area contributed by atoms with Gasteiger partial charge in [-0.3, -0.25) is 4.79 Å². The predicted molar refractivity (Wildman–Crippen MR) is 101 cm³/mol. The number of rotatable bonds is 7. The average molecular weight is 373 g/mol. The largest absolute Gasteiger partial charge is 0.496 e. The topological polar surface area (TPSA) is 74.3 Å². The van der Waals surface area contributed by atoms with Crippen molar-refractivity contribution in [2.75, 3.05) is 33.3 Å². The number of hydrogen-bond donors (Lipinski definition) is 0. The molecule has 0 aliphatic rings. The van der Waals surface area contributed by atoms with Crippen molar-refractivity contribution in [3.63, 3.8) is 0 Å². The standard InChI is InChI=1S/C20H23NO6/c1-13(19(22)21(2)14-9-7-6-8-10-14)27-20(23)15-11-17(25-4)18(26-5)12-16(15)24-3/h6-13H,1-5H3. The minimum atomic E-state index is -0.986. The molecule has 0 heterocycles. The van der Waals surface area contributed by atoms with E-state index < -0.39 is 12.1 Å². The zero-order valence-corrected chi connectivity index (χ0v) is 16.0. The summed E-state index contributed by atoms with van der Waals surface area (Å²) in [6.45, 7) is 1.52. The molecular weight excluding hydrogens is 350 g/mol. The van der Waals surface area contributed by atoms with Crippen molar-refractivity contribution in [1.29, 1.82) is 0 Å². The molecule has 27 heavy (non-hydrogen) atoms. The summed E-state index contributed by atoms with van der Waals surface area (Å²) in [6, 6.07) is 12.1. The van der Waals surface area contributed by atoms with Gasteiger partial charge in [-0.05, 0) is 19.1 Å². The third-order valence-corrected chi connectivity index (χ3v) is 4.03. The van der Waals surface area contributed by atoms with Crippen LogP contribution in [0.4, 0.5) is 5.69 Å². The number of anilines is 1. The number of likely N-dealkylation sites (N-methyl/N-ethyl adjacent to an activating group) is 1. The van der Waals surface area contributed by atoms with E-state index >= 15 is 0 Å². The predicted octanol–water partition coefficient (Wildman–Crippen LogP) is 2.92. The molecule has 0 aromatic heterocycles. The Hall–Kier alpha value is -3.22. The van der Waals surface area contributed by atoms with Gasteiger partial charge in [-0.1, -0.05) is 18.2 Å². The molecule has 0 aliphatic carbocycles. The Morgan fingerprint density at radius 1 is 0.889 bits per heavy atom. The number of benzene rings is 2. The molecule has 2 aromatic rings. The molecule has 0 saturated heterocycles. The molecule has 7 heteroatoms. The van der Waals surface area contributed by atoms with Crippen LogP contribution in [0.25, 0.3) is 0 Å². The molecular formula is C20H23NO6. The number of carbonyl (C=O) groups is 2. The SMILES string of the molecule is COc1cc(OC)c(C(=O)OC(C)C(=O)N(C)c2ccccc2)cc1OC. The lowest BCUT2D eigenvalue weighted by Crippen LogP contribution is -2.37. The zero-order valence-electron chi connectivity index (χ0n) is 16.0. The van der Waals surface area contributed by atoms with Crippen molar-refractivity contribution in [3.05, 3.63) is 48.0 Å². The second-order valence-electron chi connectivity index (χ2n) is 5.69. The van der Waals surface area contributed by atoms with Gasteiger partial charge in [-0.2, -0.15) is 0 Å². The number of methoxy groups -OCH3 is 3. The first-order valence-electron chi connectivity index (χ1n) is 8.26. The summed E-state index contributed by atoms with van der Waals surface area (Å²) in [7, 11) is 5.99. The van der Waals surface area contributed by atoms with E-state index in [9.17, 15) is 9.59 Å². The van der Waals surface area contributed by atoms with Gasteiger partial charge in [-0.15, -0.1) is 0 Å². The highest BCUT2D eigenvalue weighted by Gasteiger charge is 2.26. The summed E-state index contributed by atoms with van der Waals surface area (Å²) < 4.78 is 21.0. The van der Waals surface area contributed by atoms with Crippen molar-refractivity contribution in [3.8, 4) is 17.2 Å². The summed E-state index contributed by atoms with van der Waals surface area (Å²) in [5, 5.41) is 0. The molecule has 1 atom stereocenters. The third-order valence-electron chi connectivity index (χ3n) is 4.03. The van der Waals surface area contributed by atoms with Gasteiger partial charge in [0.25, 0.3) is 5.91 Å². The highest BCUT2D eigenvalue weighted by molar-refractivity contribution is 5.99. The van der Waals surface area contributed by atoms with Crippen molar-refractivity contribution in [1.82, 2.24) is 0 Å². The van der Waals surface area contributed by atoms with Gasteiger partial charge in [0.15, 0.2) is 17.6 Å². The number of nitrogens with zero attached hydrogens (tertiary/aromatic N) is 1. The molecule has 0 fully saturated rings. The van der Waals surface area contributed by atoms with Gasteiger partial charge in [0.2, 0.25) is 0 Å². The monoisotopic (exact) mass is 373 g/mol. The Kier molecular flexibility index (Phi) is 6.65. The van der Waals surface area contributed by atoms with E-state index in [1.807, 2.05) is 18.2 Å². The van der Waals surface area contributed by atoms with E-state index in [-0.39, 0.29) is 17.2 Å². The van der Waals surface area contributed by atoms with Crippen LogP contribution >= 0.6 is 0 Å². The van der Waals surface area contributed by atoms with Crippen molar-refractivity contribution in [2.45, 2.75) is 13.0 Å². The lowest BCUT2D eigenvalue weighted by molar-refractivity contribution is -0.126. The molecule has 2 aromatic carbocycles. The van der Waals surface area contributed by atoms with Crippen LogP contribution in [-0.4, -0.2) is 46.4 Å². The smallest absolute Gasteiger partial charge is 0.342 e. The average Bonchev–Trinajstić information content (AvgIpc) is 2.71. The van der Waals surface area contributed by atoms with Crippen LogP contribution in [0.5, 0.6) is 17.2 Å². The van der Waals surface area contributed by atoms with Crippen LogP contribution < -0.4 is 19.1 Å². The van der Waals surface area contributed by atoms with Crippen LogP contribution in [0.1, 0.15) is 17.3 Å². The van der Waals surface area contributed by atoms with E-state index in [4.69, 9.17) is 18.9 Å². The van der Waals surface area contributed by atoms with Gasteiger partial charge in [0.1, 0.15) is 11.3 Å². The summed E-state index contributed by atoms with van der Waals surface area (Å²) in [5.41, 5.74) is 0.839. The molecule has 1 unspecified atom stereocenters. The van der Waals surface area contributed by atoms with Crippen LogP contribution in [0, 0.1) is 0 Å². The minimum absolute atomic E-state index is 0.136. The Morgan fingerprint density at radius 3 is 2.00 bits per heavy atom. The van der Waals surface area contributed by atoms with Gasteiger partial charge in [0, 0.05) is 24.9 Å². The summed E-state index contributed by atoms with van der Waals surface area (Å²) in [4.78, 5) is 26.6. The maximum Gasteiger partial charge on any atom is 0.342 e. The lowest BCUT2D eigenvalue weighted by atomic mass is 10.1. The molecule has 1 amide bonds. The number of amides is 1. The third kappa shape index (κ3) is 4.49. The van der Waals surface area contributed by atoms with Gasteiger partial charge >= 0.3 is 5.97 Å².